The van der Waals surface area contributed by atoms with E-state index in [0.29, 0.717) is 0 Å². The Balaban J connectivity index is 2.12. The van der Waals surface area contributed by atoms with Crippen LogP contribution in [0.3, 0.4) is 0 Å². The molecular formula is C20H13NOS. The highest BCUT2D eigenvalue weighted by Crippen LogP contribution is 2.48. The van der Waals surface area contributed by atoms with Crippen molar-refractivity contribution >= 4 is 39.9 Å². The molecule has 4 aromatic rings. The predicted molar refractivity (Wildman–Crippen MR) is 97.0 cm³/mol. The van der Waals surface area contributed by atoms with E-state index in [-0.39, 0.29) is 5.56 Å². The Labute approximate surface area is 137 Å². The molecule has 110 valence electrons. The van der Waals surface area contributed by atoms with Crippen LogP contribution in [0.5, 0.6) is 0 Å². The summed E-state index contributed by atoms with van der Waals surface area (Å²) in [7, 11) is 1.79. The number of nitrogens with zero attached hydrogens (tertiary/aromatic N) is 1. The van der Waals surface area contributed by atoms with Crippen molar-refractivity contribution in [2.45, 2.75) is 9.79 Å². The average molecular weight is 315 g/mol. The third kappa shape index (κ3) is 1.52. The molecule has 0 bridgehead atoms. The number of benzene rings is 3. The summed E-state index contributed by atoms with van der Waals surface area (Å²) < 4.78 is 1.64. The highest BCUT2D eigenvalue weighted by molar-refractivity contribution is 7.99. The molecule has 23 heavy (non-hydrogen) atoms. The van der Waals surface area contributed by atoms with Crippen LogP contribution in [0.2, 0.25) is 0 Å². The SMILES string of the molecule is C=c1c2ccc3c4c(ccc(c(=O)n1C)c42)Sc1ccccc1-3. The number of hydrogen-bond donors (Lipinski definition) is 0. The number of hydrogen-bond acceptors (Lipinski definition) is 2. The molecular weight excluding hydrogens is 302 g/mol. The highest BCUT2D eigenvalue weighted by Gasteiger charge is 2.21. The summed E-state index contributed by atoms with van der Waals surface area (Å²) >= 11 is 1.78. The van der Waals surface area contributed by atoms with Gasteiger partial charge in [-0.05, 0) is 29.3 Å². The topological polar surface area (TPSA) is 22.0 Å². The summed E-state index contributed by atoms with van der Waals surface area (Å²) in [6.45, 7) is 4.12. The van der Waals surface area contributed by atoms with Crippen molar-refractivity contribution in [1.29, 1.82) is 0 Å². The quantitative estimate of drug-likeness (QED) is 0.431. The van der Waals surface area contributed by atoms with E-state index in [1.807, 2.05) is 6.07 Å². The maximum Gasteiger partial charge on any atom is 0.258 e. The normalized spacial score (nSPS) is 12.7. The van der Waals surface area contributed by atoms with Crippen LogP contribution in [0.15, 0.2) is 63.1 Å². The van der Waals surface area contributed by atoms with Gasteiger partial charge in [0.1, 0.15) is 0 Å². The lowest BCUT2D eigenvalue weighted by molar-refractivity contribution is 0.848. The van der Waals surface area contributed by atoms with Gasteiger partial charge in [-0.2, -0.15) is 0 Å². The summed E-state index contributed by atoms with van der Waals surface area (Å²) in [6.07, 6.45) is 0. The number of aromatic nitrogens is 1. The summed E-state index contributed by atoms with van der Waals surface area (Å²) in [4.78, 5) is 15.1. The van der Waals surface area contributed by atoms with Crippen LogP contribution in [0.25, 0.3) is 39.3 Å². The largest absolute Gasteiger partial charge is 0.311 e. The average Bonchev–Trinajstić information content (AvgIpc) is 2.59. The molecule has 0 spiro atoms. The molecule has 2 nitrogen and oxygen atoms in total. The molecule has 0 fully saturated rings. The van der Waals surface area contributed by atoms with Gasteiger partial charge in [0, 0.05) is 43.7 Å². The standard InChI is InChI=1S/C20H13NOS/c1-11-12-7-8-14-13-5-3-4-6-16(13)23-17-10-9-15(18(12)19(14)17)20(22)21(11)2/h3-10H,1H2,2H3. The lowest BCUT2D eigenvalue weighted by atomic mass is 9.93. The van der Waals surface area contributed by atoms with Gasteiger partial charge in [0.25, 0.3) is 5.56 Å². The molecule has 0 atom stereocenters. The summed E-state index contributed by atoms with van der Waals surface area (Å²) in [5.74, 6) is 0. The van der Waals surface area contributed by atoms with Crippen LogP contribution in [0, 0.1) is 0 Å². The van der Waals surface area contributed by atoms with Gasteiger partial charge in [0.15, 0.2) is 0 Å². The Morgan fingerprint density at radius 3 is 2.52 bits per heavy atom. The Bertz CT molecular complexity index is 1200. The third-order valence-electron chi connectivity index (χ3n) is 4.77. The van der Waals surface area contributed by atoms with Crippen molar-refractivity contribution < 1.29 is 0 Å². The van der Waals surface area contributed by atoms with Gasteiger partial charge >= 0.3 is 0 Å². The first-order chi connectivity index (χ1) is 11.2. The maximum absolute atomic E-state index is 12.6. The second-order valence-electron chi connectivity index (χ2n) is 5.93. The number of pyridine rings is 1. The van der Waals surface area contributed by atoms with Crippen molar-refractivity contribution in [3.8, 4) is 11.1 Å². The molecule has 1 aliphatic heterocycles. The smallest absolute Gasteiger partial charge is 0.258 e. The molecule has 5 rings (SSSR count). The zero-order chi connectivity index (χ0) is 15.7. The minimum Gasteiger partial charge on any atom is -0.311 e. The molecule has 0 saturated heterocycles. The van der Waals surface area contributed by atoms with Crippen LogP contribution >= 0.6 is 11.8 Å². The Kier molecular flexibility index (Phi) is 2.41. The second-order valence-corrected chi connectivity index (χ2v) is 7.01. The van der Waals surface area contributed by atoms with E-state index in [2.05, 4.69) is 49.0 Å². The third-order valence-corrected chi connectivity index (χ3v) is 5.91. The Morgan fingerprint density at radius 1 is 0.870 bits per heavy atom. The fourth-order valence-corrected chi connectivity index (χ4v) is 4.69. The van der Waals surface area contributed by atoms with Crippen molar-refractivity contribution in [2.75, 3.05) is 0 Å². The molecule has 2 heterocycles. The Morgan fingerprint density at radius 2 is 1.65 bits per heavy atom. The lowest BCUT2D eigenvalue weighted by Crippen LogP contribution is -2.30. The van der Waals surface area contributed by atoms with Crippen LogP contribution in [0.4, 0.5) is 0 Å². The molecule has 3 heteroatoms. The van der Waals surface area contributed by atoms with Gasteiger partial charge in [-0.1, -0.05) is 48.7 Å². The first-order valence-electron chi connectivity index (χ1n) is 7.51. The highest BCUT2D eigenvalue weighted by atomic mass is 32.2. The van der Waals surface area contributed by atoms with Crippen molar-refractivity contribution in [3.05, 3.63) is 64.2 Å². The molecule has 0 unspecified atom stereocenters. The summed E-state index contributed by atoms with van der Waals surface area (Å²) in [5, 5.41) is 4.84. The zero-order valence-corrected chi connectivity index (χ0v) is 13.4. The molecule has 0 amide bonds. The minimum absolute atomic E-state index is 0.0232. The fourth-order valence-electron chi connectivity index (χ4n) is 3.57. The van der Waals surface area contributed by atoms with Crippen molar-refractivity contribution in [1.82, 2.24) is 4.57 Å². The monoisotopic (exact) mass is 315 g/mol. The van der Waals surface area contributed by atoms with Crippen LogP contribution < -0.4 is 10.9 Å². The van der Waals surface area contributed by atoms with E-state index in [4.69, 9.17) is 0 Å². The van der Waals surface area contributed by atoms with Gasteiger partial charge in [0.05, 0.1) is 0 Å². The molecule has 0 N–H and O–H groups in total. The van der Waals surface area contributed by atoms with Crippen molar-refractivity contribution in [3.63, 3.8) is 0 Å². The van der Waals surface area contributed by atoms with E-state index in [1.165, 1.54) is 26.3 Å². The van der Waals surface area contributed by atoms with Crippen molar-refractivity contribution in [2.24, 2.45) is 7.05 Å². The van der Waals surface area contributed by atoms with Gasteiger partial charge in [0.2, 0.25) is 0 Å². The molecule has 0 aliphatic carbocycles. The first kappa shape index (κ1) is 13.0. The van der Waals surface area contributed by atoms with Gasteiger partial charge in [-0.3, -0.25) is 4.79 Å². The summed E-state index contributed by atoms with van der Waals surface area (Å²) in [6, 6.07) is 16.7. The first-order valence-corrected chi connectivity index (χ1v) is 8.33. The number of fused-ring (bicyclic) bond motifs is 2. The van der Waals surface area contributed by atoms with E-state index in [1.54, 1.807) is 23.4 Å². The van der Waals surface area contributed by atoms with Gasteiger partial charge in [-0.15, -0.1) is 0 Å². The minimum atomic E-state index is 0.0232. The predicted octanol–water partition coefficient (Wildman–Crippen LogP) is 3.95. The van der Waals surface area contributed by atoms with E-state index >= 15 is 0 Å². The second kappa shape index (κ2) is 4.27. The summed E-state index contributed by atoms with van der Waals surface area (Å²) in [5.41, 5.74) is 2.47. The maximum atomic E-state index is 12.6. The molecule has 1 aliphatic rings. The number of rotatable bonds is 0. The van der Waals surface area contributed by atoms with Crippen LogP contribution in [-0.2, 0) is 7.05 Å². The molecule has 0 radical (unpaired) electrons. The van der Waals surface area contributed by atoms with E-state index in [9.17, 15) is 4.79 Å². The van der Waals surface area contributed by atoms with Gasteiger partial charge < -0.3 is 4.57 Å². The molecule has 3 aromatic carbocycles. The van der Waals surface area contributed by atoms with E-state index < -0.39 is 0 Å². The van der Waals surface area contributed by atoms with Crippen LogP contribution in [-0.4, -0.2) is 4.57 Å². The van der Waals surface area contributed by atoms with E-state index in [0.717, 1.165) is 21.5 Å². The van der Waals surface area contributed by atoms with Crippen LogP contribution in [0.1, 0.15) is 0 Å². The Hall–Kier alpha value is -2.52. The fraction of sp³-hybridized carbons (Fsp3) is 0.0500. The lowest BCUT2D eigenvalue weighted by Gasteiger charge is -2.22. The molecule has 0 saturated carbocycles. The van der Waals surface area contributed by atoms with Gasteiger partial charge in [-0.25, -0.2) is 0 Å². The molecule has 1 aromatic heterocycles. The zero-order valence-electron chi connectivity index (χ0n) is 12.6.